The lowest BCUT2D eigenvalue weighted by Gasteiger charge is -2.40. The van der Waals surface area contributed by atoms with Crippen molar-refractivity contribution in [3.8, 4) is 0 Å². The van der Waals surface area contributed by atoms with E-state index in [0.717, 1.165) is 6.54 Å². The molecular weight excluding hydrogens is 152 g/mol. The molecule has 0 saturated heterocycles. The van der Waals surface area contributed by atoms with E-state index >= 15 is 0 Å². The smallest absolute Gasteiger partial charge is 0.0626 e. The Labute approximate surface area is 74.7 Å². The van der Waals surface area contributed by atoms with Crippen LogP contribution in [0, 0.1) is 0 Å². The third kappa shape index (κ3) is 2.73. The maximum atomic E-state index is 5.78. The number of rotatable bonds is 5. The molecule has 1 aliphatic rings. The monoisotopic (exact) mass is 172 g/mol. The quantitative estimate of drug-likeness (QED) is 0.634. The van der Waals surface area contributed by atoms with Gasteiger partial charge in [-0.25, -0.2) is 0 Å². The second-order valence-corrected chi connectivity index (χ2v) is 4.01. The van der Waals surface area contributed by atoms with Crippen LogP contribution in [0.15, 0.2) is 0 Å². The SMILES string of the molecule is COCC(N)CNC1(C)CCC1. The number of nitrogens with one attached hydrogen (secondary N) is 1. The summed E-state index contributed by atoms with van der Waals surface area (Å²) < 4.78 is 4.96. The van der Waals surface area contributed by atoms with Gasteiger partial charge in [-0.2, -0.15) is 0 Å². The lowest BCUT2D eigenvalue weighted by molar-refractivity contribution is 0.159. The highest BCUT2D eigenvalue weighted by Crippen LogP contribution is 2.30. The Bertz CT molecular complexity index is 134. The van der Waals surface area contributed by atoms with Crippen LogP contribution in [0.3, 0.4) is 0 Å². The summed E-state index contributed by atoms with van der Waals surface area (Å²) in [6, 6.07) is 0.132. The van der Waals surface area contributed by atoms with Crippen LogP contribution >= 0.6 is 0 Å². The highest BCUT2D eigenvalue weighted by molar-refractivity contribution is 4.92. The van der Waals surface area contributed by atoms with Crippen molar-refractivity contribution in [3.05, 3.63) is 0 Å². The van der Waals surface area contributed by atoms with E-state index in [-0.39, 0.29) is 6.04 Å². The van der Waals surface area contributed by atoms with E-state index in [9.17, 15) is 0 Å². The molecule has 1 saturated carbocycles. The summed E-state index contributed by atoms with van der Waals surface area (Å²) >= 11 is 0. The zero-order valence-electron chi connectivity index (χ0n) is 8.10. The summed E-state index contributed by atoms with van der Waals surface area (Å²) in [5, 5.41) is 3.48. The fraction of sp³-hybridized carbons (Fsp3) is 1.00. The van der Waals surface area contributed by atoms with Crippen LogP contribution in [0.4, 0.5) is 0 Å². The Kier molecular flexibility index (Phi) is 3.50. The molecule has 3 heteroatoms. The molecule has 72 valence electrons. The van der Waals surface area contributed by atoms with Crippen LogP contribution in [0.25, 0.3) is 0 Å². The van der Waals surface area contributed by atoms with Gasteiger partial charge in [0, 0.05) is 25.2 Å². The number of nitrogens with two attached hydrogens (primary N) is 1. The summed E-state index contributed by atoms with van der Waals surface area (Å²) in [7, 11) is 1.69. The highest BCUT2D eigenvalue weighted by atomic mass is 16.5. The molecule has 1 atom stereocenters. The molecule has 0 bridgehead atoms. The maximum Gasteiger partial charge on any atom is 0.0626 e. The van der Waals surface area contributed by atoms with Crippen molar-refractivity contribution in [2.45, 2.75) is 37.8 Å². The van der Waals surface area contributed by atoms with E-state index in [4.69, 9.17) is 10.5 Å². The van der Waals surface area contributed by atoms with Gasteiger partial charge in [0.05, 0.1) is 6.61 Å². The summed E-state index contributed by atoms with van der Waals surface area (Å²) in [5.74, 6) is 0. The summed E-state index contributed by atoms with van der Waals surface area (Å²) in [5.41, 5.74) is 6.15. The van der Waals surface area contributed by atoms with Crippen LogP contribution < -0.4 is 11.1 Å². The third-order valence-corrected chi connectivity index (χ3v) is 2.63. The zero-order valence-corrected chi connectivity index (χ0v) is 8.10. The topological polar surface area (TPSA) is 47.3 Å². The molecule has 3 nitrogen and oxygen atoms in total. The Hall–Kier alpha value is -0.120. The largest absolute Gasteiger partial charge is 0.383 e. The minimum Gasteiger partial charge on any atom is -0.383 e. The average Bonchev–Trinajstić information content (AvgIpc) is 1.98. The number of hydrogen-bond donors (Lipinski definition) is 2. The molecule has 1 aliphatic carbocycles. The van der Waals surface area contributed by atoms with Crippen molar-refractivity contribution in [2.75, 3.05) is 20.3 Å². The summed E-state index contributed by atoms with van der Waals surface area (Å²) in [6.45, 7) is 3.77. The highest BCUT2D eigenvalue weighted by Gasteiger charge is 2.30. The molecule has 0 radical (unpaired) electrons. The molecule has 1 unspecified atom stereocenters. The molecule has 0 aromatic heterocycles. The summed E-state index contributed by atoms with van der Waals surface area (Å²) in [4.78, 5) is 0. The predicted molar refractivity (Wildman–Crippen MR) is 50.1 cm³/mol. The second kappa shape index (κ2) is 4.21. The molecule has 0 aromatic rings. The molecule has 1 rings (SSSR count). The second-order valence-electron chi connectivity index (χ2n) is 4.01. The van der Waals surface area contributed by atoms with Crippen LogP contribution in [-0.4, -0.2) is 31.8 Å². The normalized spacial score (nSPS) is 23.2. The van der Waals surface area contributed by atoms with Gasteiger partial charge in [-0.05, 0) is 26.2 Å². The molecule has 1 fully saturated rings. The molecule has 0 aliphatic heterocycles. The van der Waals surface area contributed by atoms with Crippen molar-refractivity contribution >= 4 is 0 Å². The van der Waals surface area contributed by atoms with Gasteiger partial charge >= 0.3 is 0 Å². The van der Waals surface area contributed by atoms with Gasteiger partial charge in [0.1, 0.15) is 0 Å². The van der Waals surface area contributed by atoms with Crippen LogP contribution in [0.5, 0.6) is 0 Å². The van der Waals surface area contributed by atoms with Crippen LogP contribution in [-0.2, 0) is 4.74 Å². The minimum absolute atomic E-state index is 0.132. The van der Waals surface area contributed by atoms with E-state index in [1.807, 2.05) is 0 Å². The van der Waals surface area contributed by atoms with E-state index in [2.05, 4.69) is 12.2 Å². The van der Waals surface area contributed by atoms with E-state index < -0.39 is 0 Å². The van der Waals surface area contributed by atoms with E-state index in [0.29, 0.717) is 12.1 Å². The Morgan fingerprint density at radius 3 is 2.67 bits per heavy atom. The molecule has 0 heterocycles. The lowest BCUT2D eigenvalue weighted by Crippen LogP contribution is -2.52. The summed E-state index contributed by atoms with van der Waals surface area (Å²) in [6.07, 6.45) is 3.92. The van der Waals surface area contributed by atoms with Gasteiger partial charge in [0.15, 0.2) is 0 Å². The average molecular weight is 172 g/mol. The Morgan fingerprint density at radius 2 is 2.25 bits per heavy atom. The predicted octanol–water partition coefficient (Wildman–Crippen LogP) is 0.492. The standard InChI is InChI=1S/C9H20N2O/c1-9(4-3-5-9)11-6-8(10)7-12-2/h8,11H,3-7,10H2,1-2H3. The molecule has 0 amide bonds. The molecule has 3 N–H and O–H groups in total. The van der Waals surface area contributed by atoms with Gasteiger partial charge in [-0.1, -0.05) is 0 Å². The van der Waals surface area contributed by atoms with Crippen molar-refractivity contribution < 1.29 is 4.74 Å². The fourth-order valence-electron chi connectivity index (χ4n) is 1.53. The first kappa shape index (κ1) is 9.96. The van der Waals surface area contributed by atoms with Crippen molar-refractivity contribution in [2.24, 2.45) is 5.73 Å². The van der Waals surface area contributed by atoms with Crippen molar-refractivity contribution in [1.82, 2.24) is 5.32 Å². The van der Waals surface area contributed by atoms with Gasteiger partial charge in [0.2, 0.25) is 0 Å². The number of methoxy groups -OCH3 is 1. The Morgan fingerprint density at radius 1 is 1.58 bits per heavy atom. The third-order valence-electron chi connectivity index (χ3n) is 2.63. The molecular formula is C9H20N2O. The first-order chi connectivity index (χ1) is 5.66. The zero-order chi connectivity index (χ0) is 9.03. The first-order valence-corrected chi connectivity index (χ1v) is 4.66. The van der Waals surface area contributed by atoms with E-state index in [1.54, 1.807) is 7.11 Å². The van der Waals surface area contributed by atoms with Gasteiger partial charge in [-0.3, -0.25) is 0 Å². The van der Waals surface area contributed by atoms with Gasteiger partial charge < -0.3 is 15.8 Å². The first-order valence-electron chi connectivity index (χ1n) is 4.66. The molecule has 0 spiro atoms. The van der Waals surface area contributed by atoms with Crippen LogP contribution in [0.2, 0.25) is 0 Å². The van der Waals surface area contributed by atoms with Crippen molar-refractivity contribution in [3.63, 3.8) is 0 Å². The van der Waals surface area contributed by atoms with Crippen molar-refractivity contribution in [1.29, 1.82) is 0 Å². The lowest BCUT2D eigenvalue weighted by atomic mass is 9.78. The Balaban J connectivity index is 2.07. The number of ether oxygens (including phenoxy) is 1. The van der Waals surface area contributed by atoms with Gasteiger partial charge in [-0.15, -0.1) is 0 Å². The fourth-order valence-corrected chi connectivity index (χ4v) is 1.53. The maximum absolute atomic E-state index is 5.78. The van der Waals surface area contributed by atoms with Gasteiger partial charge in [0.25, 0.3) is 0 Å². The minimum atomic E-state index is 0.132. The van der Waals surface area contributed by atoms with Crippen LogP contribution in [0.1, 0.15) is 26.2 Å². The molecule has 12 heavy (non-hydrogen) atoms. The number of hydrogen-bond acceptors (Lipinski definition) is 3. The molecule has 0 aromatic carbocycles. The van der Waals surface area contributed by atoms with E-state index in [1.165, 1.54) is 19.3 Å².